The van der Waals surface area contributed by atoms with Crippen LogP contribution in [0.5, 0.6) is 0 Å². The van der Waals surface area contributed by atoms with Gasteiger partial charge in [-0.05, 0) is 18.9 Å². The van der Waals surface area contributed by atoms with E-state index >= 15 is 0 Å². The maximum absolute atomic E-state index is 12.2. The van der Waals surface area contributed by atoms with E-state index in [1.165, 1.54) is 6.07 Å². The van der Waals surface area contributed by atoms with Crippen LogP contribution in [-0.2, 0) is 0 Å². The Kier molecular flexibility index (Phi) is 5.29. The summed E-state index contributed by atoms with van der Waals surface area (Å²) in [5, 5.41) is 8.88. The highest BCUT2D eigenvalue weighted by Gasteiger charge is 2.17. The number of carboxylic acids is 1. The van der Waals surface area contributed by atoms with Crippen LogP contribution in [-0.4, -0.2) is 40.0 Å². The van der Waals surface area contributed by atoms with Crippen LogP contribution in [0, 0.1) is 0 Å². The van der Waals surface area contributed by atoms with E-state index in [0.717, 1.165) is 18.9 Å². The average Bonchev–Trinajstić information content (AvgIpc) is 2.37. The van der Waals surface area contributed by atoms with Gasteiger partial charge >= 0.3 is 5.97 Å². The molecule has 0 radical (unpaired) electrons. The number of nitrogens with zero attached hydrogens (tertiary/aromatic N) is 1. The summed E-state index contributed by atoms with van der Waals surface area (Å²) >= 11 is 0. The fourth-order valence-electron chi connectivity index (χ4n) is 1.81. The number of carboxylic acid groups (broad SMARTS) is 1. The van der Waals surface area contributed by atoms with Gasteiger partial charge in [-0.1, -0.05) is 13.8 Å². The van der Waals surface area contributed by atoms with E-state index in [0.29, 0.717) is 13.1 Å². The van der Waals surface area contributed by atoms with Crippen molar-refractivity contribution in [1.82, 2.24) is 9.88 Å². The molecule has 0 unspecified atom stereocenters. The van der Waals surface area contributed by atoms with E-state index in [9.17, 15) is 14.4 Å². The number of hydrogen-bond donors (Lipinski definition) is 2. The first-order chi connectivity index (χ1) is 8.99. The van der Waals surface area contributed by atoms with E-state index in [1.54, 1.807) is 4.90 Å². The van der Waals surface area contributed by atoms with Crippen molar-refractivity contribution in [3.05, 3.63) is 33.7 Å². The molecule has 1 aromatic rings. The third-order valence-electron chi connectivity index (χ3n) is 2.60. The highest BCUT2D eigenvalue weighted by Crippen LogP contribution is 2.05. The number of rotatable bonds is 6. The Labute approximate surface area is 111 Å². The van der Waals surface area contributed by atoms with Crippen LogP contribution in [0.15, 0.2) is 16.9 Å². The van der Waals surface area contributed by atoms with Crippen molar-refractivity contribution in [2.24, 2.45) is 0 Å². The molecule has 0 saturated heterocycles. The minimum Gasteiger partial charge on any atom is -0.478 e. The summed E-state index contributed by atoms with van der Waals surface area (Å²) < 4.78 is 0. The summed E-state index contributed by atoms with van der Waals surface area (Å²) in [6.45, 7) is 5.05. The number of aromatic carboxylic acids is 1. The van der Waals surface area contributed by atoms with Gasteiger partial charge in [-0.15, -0.1) is 0 Å². The Hall–Kier alpha value is -2.11. The predicted molar refractivity (Wildman–Crippen MR) is 70.5 cm³/mol. The van der Waals surface area contributed by atoms with Gasteiger partial charge < -0.3 is 15.0 Å². The van der Waals surface area contributed by atoms with Crippen LogP contribution in [0.1, 0.15) is 47.5 Å². The SMILES string of the molecule is CCCN(CCC)C(=O)c1cc(C(=O)O)cc(=O)[nH]1. The third kappa shape index (κ3) is 3.94. The second-order valence-electron chi connectivity index (χ2n) is 4.24. The second kappa shape index (κ2) is 6.72. The number of aromatic amines is 1. The molecule has 1 amide bonds. The molecule has 0 bridgehead atoms. The molecule has 6 heteroatoms. The number of nitrogens with one attached hydrogen (secondary N) is 1. The average molecular weight is 266 g/mol. The zero-order valence-electron chi connectivity index (χ0n) is 11.1. The minimum atomic E-state index is -1.22. The summed E-state index contributed by atoms with van der Waals surface area (Å²) in [5.41, 5.74) is -0.747. The Morgan fingerprint density at radius 3 is 2.26 bits per heavy atom. The number of amides is 1. The quantitative estimate of drug-likeness (QED) is 0.812. The molecule has 0 aromatic carbocycles. The molecule has 0 aliphatic carbocycles. The van der Waals surface area contributed by atoms with Gasteiger partial charge in [0.05, 0.1) is 5.56 Å². The maximum Gasteiger partial charge on any atom is 0.335 e. The summed E-state index contributed by atoms with van der Waals surface area (Å²) in [5.74, 6) is -1.57. The van der Waals surface area contributed by atoms with Crippen molar-refractivity contribution in [2.45, 2.75) is 26.7 Å². The number of hydrogen-bond acceptors (Lipinski definition) is 3. The smallest absolute Gasteiger partial charge is 0.335 e. The summed E-state index contributed by atoms with van der Waals surface area (Å²) in [7, 11) is 0. The lowest BCUT2D eigenvalue weighted by molar-refractivity contribution is 0.0696. The van der Waals surface area contributed by atoms with Gasteiger partial charge in [0.15, 0.2) is 0 Å². The van der Waals surface area contributed by atoms with Crippen molar-refractivity contribution in [3.63, 3.8) is 0 Å². The van der Waals surface area contributed by atoms with Crippen LogP contribution in [0.4, 0.5) is 0 Å². The Bertz CT molecular complexity index is 516. The number of carbonyl (C=O) groups is 2. The van der Waals surface area contributed by atoms with E-state index in [2.05, 4.69) is 4.98 Å². The van der Waals surface area contributed by atoms with Crippen molar-refractivity contribution in [3.8, 4) is 0 Å². The van der Waals surface area contributed by atoms with E-state index in [1.807, 2.05) is 13.8 Å². The lowest BCUT2D eigenvalue weighted by atomic mass is 10.2. The minimum absolute atomic E-state index is 0.0202. The Balaban J connectivity index is 3.09. The molecular weight excluding hydrogens is 248 g/mol. The molecule has 1 heterocycles. The molecule has 6 nitrogen and oxygen atoms in total. The van der Waals surface area contributed by atoms with Gasteiger partial charge in [-0.25, -0.2) is 4.79 Å². The highest BCUT2D eigenvalue weighted by molar-refractivity contribution is 5.95. The molecule has 1 aromatic heterocycles. The fourth-order valence-corrected chi connectivity index (χ4v) is 1.81. The molecule has 0 spiro atoms. The molecule has 2 N–H and O–H groups in total. The molecule has 1 rings (SSSR count). The molecule has 104 valence electrons. The lowest BCUT2D eigenvalue weighted by Crippen LogP contribution is -2.34. The van der Waals surface area contributed by atoms with Crippen LogP contribution in [0.25, 0.3) is 0 Å². The van der Waals surface area contributed by atoms with Crippen LogP contribution in [0.2, 0.25) is 0 Å². The largest absolute Gasteiger partial charge is 0.478 e. The number of H-pyrrole nitrogens is 1. The zero-order valence-corrected chi connectivity index (χ0v) is 11.1. The second-order valence-corrected chi connectivity index (χ2v) is 4.24. The van der Waals surface area contributed by atoms with E-state index in [4.69, 9.17) is 5.11 Å². The van der Waals surface area contributed by atoms with Crippen molar-refractivity contribution < 1.29 is 14.7 Å². The van der Waals surface area contributed by atoms with Crippen LogP contribution < -0.4 is 5.56 Å². The fraction of sp³-hybridized carbons (Fsp3) is 0.462. The zero-order chi connectivity index (χ0) is 14.4. The maximum atomic E-state index is 12.2. The summed E-state index contributed by atoms with van der Waals surface area (Å²) in [6, 6.07) is 2.16. The van der Waals surface area contributed by atoms with E-state index in [-0.39, 0.29) is 17.2 Å². The van der Waals surface area contributed by atoms with Crippen molar-refractivity contribution in [2.75, 3.05) is 13.1 Å². The molecule has 0 atom stereocenters. The van der Waals surface area contributed by atoms with Gasteiger partial charge in [0.25, 0.3) is 5.91 Å². The van der Waals surface area contributed by atoms with Crippen molar-refractivity contribution in [1.29, 1.82) is 0 Å². The summed E-state index contributed by atoms with van der Waals surface area (Å²) in [4.78, 5) is 38.5. The van der Waals surface area contributed by atoms with Gasteiger partial charge in [-0.2, -0.15) is 0 Å². The normalized spacial score (nSPS) is 10.2. The standard InChI is InChI=1S/C13H18N2O4/c1-3-5-15(6-4-2)12(17)10-7-9(13(18)19)8-11(16)14-10/h7-8H,3-6H2,1-2H3,(H,14,16)(H,18,19). The molecule has 0 aliphatic rings. The number of carbonyl (C=O) groups excluding carboxylic acids is 1. The first-order valence-corrected chi connectivity index (χ1v) is 6.26. The van der Waals surface area contributed by atoms with E-state index < -0.39 is 11.5 Å². The lowest BCUT2D eigenvalue weighted by Gasteiger charge is -2.21. The van der Waals surface area contributed by atoms with Gasteiger partial charge in [0.2, 0.25) is 5.56 Å². The monoisotopic (exact) mass is 266 g/mol. The molecule has 19 heavy (non-hydrogen) atoms. The third-order valence-corrected chi connectivity index (χ3v) is 2.60. The Morgan fingerprint density at radius 2 is 1.79 bits per heavy atom. The van der Waals surface area contributed by atoms with Gasteiger partial charge in [0, 0.05) is 19.2 Å². The van der Waals surface area contributed by atoms with Gasteiger partial charge in [-0.3, -0.25) is 9.59 Å². The first-order valence-electron chi connectivity index (χ1n) is 6.26. The molecule has 0 saturated carbocycles. The molecular formula is C13H18N2O4. The molecule has 0 aliphatic heterocycles. The number of pyridine rings is 1. The van der Waals surface area contributed by atoms with Gasteiger partial charge in [0.1, 0.15) is 5.69 Å². The number of aromatic nitrogens is 1. The Morgan fingerprint density at radius 1 is 1.21 bits per heavy atom. The highest BCUT2D eigenvalue weighted by atomic mass is 16.4. The molecule has 0 fully saturated rings. The van der Waals surface area contributed by atoms with Crippen LogP contribution >= 0.6 is 0 Å². The first kappa shape index (κ1) is 14.9. The summed E-state index contributed by atoms with van der Waals surface area (Å²) in [6.07, 6.45) is 1.60. The predicted octanol–water partition coefficient (Wildman–Crippen LogP) is 1.34. The topological polar surface area (TPSA) is 90.5 Å². The van der Waals surface area contributed by atoms with Crippen molar-refractivity contribution >= 4 is 11.9 Å². The van der Waals surface area contributed by atoms with Crippen LogP contribution in [0.3, 0.4) is 0 Å².